The largest absolute Gasteiger partial charge is 0.478 e. The van der Waals surface area contributed by atoms with Gasteiger partial charge >= 0.3 is 0 Å². The lowest BCUT2D eigenvalue weighted by molar-refractivity contribution is 0.0447. The number of carbonyl (C=O) groups excluding carboxylic acids is 1. The van der Waals surface area contributed by atoms with E-state index < -0.39 is 0 Å². The average Bonchev–Trinajstić information content (AvgIpc) is 2.74. The summed E-state index contributed by atoms with van der Waals surface area (Å²) in [6.45, 7) is 3.09. The number of benzene rings is 2. The summed E-state index contributed by atoms with van der Waals surface area (Å²) < 4.78 is 19.1. The second-order valence-corrected chi connectivity index (χ2v) is 7.42. The molecule has 5 nitrogen and oxygen atoms in total. The van der Waals surface area contributed by atoms with E-state index in [1.54, 1.807) is 24.3 Å². The molecule has 1 saturated heterocycles. The van der Waals surface area contributed by atoms with Crippen molar-refractivity contribution in [3.8, 4) is 5.75 Å². The normalized spacial score (nSPS) is 17.3. The van der Waals surface area contributed by atoms with Gasteiger partial charge in [-0.1, -0.05) is 23.7 Å². The number of piperazine rings is 1. The Bertz CT molecular complexity index is 838. The second kappa shape index (κ2) is 10.4. The van der Waals surface area contributed by atoms with Gasteiger partial charge in [0.05, 0.1) is 6.04 Å². The molecule has 1 atom stereocenters. The Morgan fingerprint density at radius 1 is 1.17 bits per heavy atom. The van der Waals surface area contributed by atoms with Crippen LogP contribution in [0.15, 0.2) is 54.2 Å². The molecule has 0 aliphatic carbocycles. The molecule has 1 unspecified atom stereocenters. The van der Waals surface area contributed by atoms with E-state index in [2.05, 4.69) is 16.2 Å². The summed E-state index contributed by atoms with van der Waals surface area (Å²) in [6.07, 6.45) is 0.755. The van der Waals surface area contributed by atoms with E-state index in [1.165, 1.54) is 12.1 Å². The fourth-order valence-electron chi connectivity index (χ4n) is 3.46. The molecule has 0 bridgehead atoms. The molecule has 1 aliphatic rings. The lowest BCUT2D eigenvalue weighted by atomic mass is 10.0. The monoisotopic (exact) mass is 417 g/mol. The lowest BCUT2D eigenvalue weighted by Gasteiger charge is -2.42. The molecular weight excluding hydrogens is 393 g/mol. The number of nitrogens with zero attached hydrogens (tertiary/aromatic N) is 2. The van der Waals surface area contributed by atoms with Crippen molar-refractivity contribution in [1.82, 2.24) is 15.1 Å². The predicted octanol–water partition coefficient (Wildman–Crippen LogP) is 3.33. The van der Waals surface area contributed by atoms with Gasteiger partial charge in [0, 0.05) is 24.7 Å². The first-order valence-corrected chi connectivity index (χ1v) is 10.00. The summed E-state index contributed by atoms with van der Waals surface area (Å²) in [4.78, 5) is 16.1. The van der Waals surface area contributed by atoms with Crippen LogP contribution in [0.2, 0.25) is 5.02 Å². The highest BCUT2D eigenvalue weighted by Gasteiger charge is 2.32. The molecule has 2 aromatic carbocycles. The fourth-order valence-corrected chi connectivity index (χ4v) is 3.59. The molecule has 7 heteroatoms. The first kappa shape index (κ1) is 21.3. The van der Waals surface area contributed by atoms with Gasteiger partial charge < -0.3 is 15.0 Å². The molecule has 1 aliphatic heterocycles. The smallest absolute Gasteiger partial charge is 0.147 e. The average molecular weight is 418 g/mol. The van der Waals surface area contributed by atoms with Crippen LogP contribution in [0.3, 0.4) is 0 Å². The number of rotatable bonds is 8. The molecule has 154 valence electrons. The fraction of sp³-hybridized carbons (Fsp3) is 0.364. The lowest BCUT2D eigenvalue weighted by Crippen LogP contribution is -2.53. The highest BCUT2D eigenvalue weighted by atomic mass is 35.5. The van der Waals surface area contributed by atoms with Crippen molar-refractivity contribution in [2.24, 2.45) is 0 Å². The Hall–Kier alpha value is -2.37. The van der Waals surface area contributed by atoms with Crippen molar-refractivity contribution in [2.75, 3.05) is 33.4 Å². The summed E-state index contributed by atoms with van der Waals surface area (Å²) in [6, 6.07) is 13.5. The maximum Gasteiger partial charge on any atom is 0.147 e. The van der Waals surface area contributed by atoms with E-state index in [1.807, 2.05) is 24.1 Å². The summed E-state index contributed by atoms with van der Waals surface area (Å²) in [5, 5.41) is 3.80. The van der Waals surface area contributed by atoms with E-state index >= 15 is 0 Å². The summed E-state index contributed by atoms with van der Waals surface area (Å²) >= 11 is 5.92. The molecule has 2 aromatic rings. The van der Waals surface area contributed by atoms with Gasteiger partial charge in [0.25, 0.3) is 0 Å². The molecule has 1 heterocycles. The Morgan fingerprint density at radius 2 is 1.90 bits per heavy atom. The molecule has 1 N–H and O–H groups in total. The van der Waals surface area contributed by atoms with Crippen molar-refractivity contribution < 1.29 is 13.9 Å². The van der Waals surface area contributed by atoms with Gasteiger partial charge in [-0.2, -0.15) is 0 Å². The molecule has 0 spiro atoms. The SMILES string of the molecule is CNCCC1C(=C=O)N(Cc2ccc(F)cc2)CCN1COc1ccc(Cl)cc1. The van der Waals surface area contributed by atoms with E-state index in [4.69, 9.17) is 16.3 Å². The van der Waals surface area contributed by atoms with Gasteiger partial charge in [0.1, 0.15) is 29.9 Å². The first-order valence-electron chi connectivity index (χ1n) is 9.62. The Kier molecular flexibility index (Phi) is 7.67. The van der Waals surface area contributed by atoms with Gasteiger partial charge in [-0.05, 0) is 62.0 Å². The minimum atomic E-state index is -0.268. The van der Waals surface area contributed by atoms with Crippen LogP contribution in [0.5, 0.6) is 5.75 Å². The van der Waals surface area contributed by atoms with Crippen molar-refractivity contribution in [1.29, 1.82) is 0 Å². The number of hydrogen-bond acceptors (Lipinski definition) is 5. The number of hydrogen-bond donors (Lipinski definition) is 1. The van der Waals surface area contributed by atoms with Crippen LogP contribution < -0.4 is 10.1 Å². The minimum Gasteiger partial charge on any atom is -0.478 e. The first-order chi connectivity index (χ1) is 14.1. The predicted molar refractivity (Wildman–Crippen MR) is 112 cm³/mol. The Morgan fingerprint density at radius 3 is 2.55 bits per heavy atom. The Balaban J connectivity index is 1.70. The zero-order valence-electron chi connectivity index (χ0n) is 16.4. The van der Waals surface area contributed by atoms with Crippen LogP contribution in [0, 0.1) is 5.82 Å². The maximum atomic E-state index is 13.2. The van der Waals surface area contributed by atoms with Crippen LogP contribution in [0.25, 0.3) is 0 Å². The maximum absolute atomic E-state index is 13.2. The molecular formula is C22H25ClFN3O2. The highest BCUT2D eigenvalue weighted by molar-refractivity contribution is 6.30. The van der Waals surface area contributed by atoms with Crippen LogP contribution in [-0.2, 0) is 11.3 Å². The standard InChI is InChI=1S/C22H25ClFN3O2/c1-25-11-10-21-22(15-28)26(14-17-2-6-19(24)7-3-17)12-13-27(21)16-29-20-8-4-18(23)5-9-20/h2-9,21,25H,10-14,16H2,1H3. The number of nitrogens with one attached hydrogen (secondary N) is 1. The number of halogens is 2. The van der Waals surface area contributed by atoms with Gasteiger partial charge in [-0.15, -0.1) is 0 Å². The van der Waals surface area contributed by atoms with Crippen molar-refractivity contribution in [2.45, 2.75) is 19.0 Å². The molecule has 0 amide bonds. The van der Waals surface area contributed by atoms with E-state index in [-0.39, 0.29) is 11.9 Å². The van der Waals surface area contributed by atoms with Crippen LogP contribution in [0.4, 0.5) is 4.39 Å². The molecule has 0 radical (unpaired) electrons. The summed E-state index contributed by atoms with van der Waals surface area (Å²) in [5.74, 6) is 2.62. The quantitative estimate of drug-likeness (QED) is 0.667. The van der Waals surface area contributed by atoms with Crippen LogP contribution >= 0.6 is 11.6 Å². The van der Waals surface area contributed by atoms with E-state index in [9.17, 15) is 9.18 Å². The molecule has 1 fully saturated rings. The van der Waals surface area contributed by atoms with Crippen molar-refractivity contribution in [3.05, 3.63) is 70.6 Å². The third-order valence-electron chi connectivity index (χ3n) is 5.02. The number of ether oxygens (including phenoxy) is 1. The van der Waals surface area contributed by atoms with Gasteiger partial charge in [-0.3, -0.25) is 4.90 Å². The molecule has 29 heavy (non-hydrogen) atoms. The van der Waals surface area contributed by atoms with Gasteiger partial charge in [0.15, 0.2) is 0 Å². The van der Waals surface area contributed by atoms with E-state index in [0.717, 1.165) is 30.8 Å². The third-order valence-corrected chi connectivity index (χ3v) is 5.28. The highest BCUT2D eigenvalue weighted by Crippen LogP contribution is 2.24. The Labute approximate surface area is 175 Å². The molecule has 0 saturated carbocycles. The summed E-state index contributed by atoms with van der Waals surface area (Å²) in [7, 11) is 1.89. The van der Waals surface area contributed by atoms with Crippen LogP contribution in [-0.4, -0.2) is 55.2 Å². The van der Waals surface area contributed by atoms with Crippen molar-refractivity contribution >= 4 is 17.5 Å². The van der Waals surface area contributed by atoms with E-state index in [0.29, 0.717) is 30.5 Å². The third kappa shape index (κ3) is 5.81. The molecule has 3 rings (SSSR count). The van der Waals surface area contributed by atoms with Gasteiger partial charge in [-0.25, -0.2) is 9.18 Å². The van der Waals surface area contributed by atoms with Crippen molar-refractivity contribution in [3.63, 3.8) is 0 Å². The summed E-state index contributed by atoms with van der Waals surface area (Å²) in [5.41, 5.74) is 1.56. The second-order valence-electron chi connectivity index (χ2n) is 6.98. The zero-order chi connectivity index (χ0) is 20.6. The zero-order valence-corrected chi connectivity index (χ0v) is 17.2. The topological polar surface area (TPSA) is 44.8 Å². The minimum absolute atomic E-state index is 0.110. The van der Waals surface area contributed by atoms with Crippen LogP contribution in [0.1, 0.15) is 12.0 Å². The molecule has 0 aromatic heterocycles. The van der Waals surface area contributed by atoms with Gasteiger partial charge in [0.2, 0.25) is 0 Å².